The van der Waals surface area contributed by atoms with Crippen molar-refractivity contribution in [2.45, 2.75) is 234 Å². The van der Waals surface area contributed by atoms with Crippen LogP contribution in [-0.2, 0) is 102 Å². The number of phenolic OH excluding ortho intramolecular Hbond substituents is 1. The zero-order valence-corrected chi connectivity index (χ0v) is 79.3. The van der Waals surface area contributed by atoms with Gasteiger partial charge in [-0.3, -0.25) is 87.5 Å². The Hall–Kier alpha value is -13.3. The molecule has 0 radical (unpaired) electrons. The Balaban J connectivity index is 1.10. The summed E-state index contributed by atoms with van der Waals surface area (Å²) >= 11 is 2.16. The number of amidine groups is 1. The lowest BCUT2D eigenvalue weighted by molar-refractivity contribution is -0.149. The lowest BCUT2D eigenvalue weighted by Gasteiger charge is -2.36. The number of aromatic hydroxyl groups is 1. The maximum absolute atomic E-state index is 15.8. The molecule has 16 amide bonds. The minimum absolute atomic E-state index is 0.00109. The number of para-hydroxylation sites is 1. The molecule has 0 unspecified atom stereocenters. The molecular weight excluding hydrogens is 1800 g/mol. The van der Waals surface area contributed by atoms with Crippen molar-refractivity contribution in [3.8, 4) is 5.75 Å². The van der Waals surface area contributed by atoms with E-state index < -0.39 is 228 Å². The number of aromatic amines is 2. The number of guanidine groups is 1. The summed E-state index contributed by atoms with van der Waals surface area (Å²) < 4.78 is 0.849. The smallest absolute Gasteiger partial charge is 0.246 e. The maximum Gasteiger partial charge on any atom is 0.246 e. The minimum Gasteiger partial charge on any atom is -0.508 e. The van der Waals surface area contributed by atoms with Crippen molar-refractivity contribution in [3.63, 3.8) is 0 Å². The number of carbonyl (C=O) groups excluding carboxylic acids is 16. The van der Waals surface area contributed by atoms with E-state index in [-0.39, 0.29) is 108 Å². The highest BCUT2D eigenvalue weighted by Gasteiger charge is 2.47. The van der Waals surface area contributed by atoms with E-state index in [1.54, 1.807) is 44.3 Å². The number of aliphatic hydroxyl groups is 1. The Morgan fingerprint density at radius 2 is 1.18 bits per heavy atom. The lowest BCUT2D eigenvalue weighted by Crippen LogP contribution is -2.61. The number of unbranched alkanes of at least 4 members (excludes halogenated alkanes) is 2. The minimum atomic E-state index is -1.77. The number of aromatic nitrogens is 3. The van der Waals surface area contributed by atoms with Gasteiger partial charge in [-0.05, 0) is 116 Å². The average Bonchev–Trinajstić information content (AvgIpc) is 1.53. The number of primary amides is 2. The second-order valence-corrected chi connectivity index (χ2v) is 37.0. The first-order chi connectivity index (χ1) is 64.8. The fourth-order valence-electron chi connectivity index (χ4n) is 16.8. The molecule has 9 rings (SSSR count). The number of benzene rings is 3. The number of carbonyl (C=O) groups is 16. The number of hydrogen-bond acceptors (Lipinski definition) is 24. The number of likely N-dealkylation sites (N-methyl/N-ethyl adjacent to an activating group) is 3. The van der Waals surface area contributed by atoms with Crippen LogP contribution in [0.3, 0.4) is 0 Å². The molecule has 3 aliphatic heterocycles. The second-order valence-electron chi connectivity index (χ2n) is 35.0. The SMILES string of the molecule is CCCC[C@H]1C(=O)N(C)[C@@H](CCCC)C(=O)N[C@@H](CCCNC(=N)N)C(=O)N[C@H](C(=O)NCC(N)=O)CSCC(=O)N[C@@H](Cc2ccc(O)cc2)C(=O)N(C)[C@@H](C)C(=O)N[C@@H](CC(N)=O)C(=O)N2CCC[C@H]2C(=O)N[C@@H](Cc2cnc[nH]2)C(=O)N[C@@H](CC(C)C)C(=O)N2C[C@@H](N)C[C@H]2C(=O)N[C@@H](Cc2c[nH]c3ccccc23)C(=O)N[C@@H](CO)C(=N)N[C@@H](Cc2csc3ccccc23)C(=O)N1C. The number of aliphatic hydroxyl groups excluding tert-OH is 1. The van der Waals surface area contributed by atoms with E-state index >= 15 is 33.6 Å². The van der Waals surface area contributed by atoms with E-state index in [9.17, 15) is 58.8 Å². The van der Waals surface area contributed by atoms with E-state index in [1.165, 1.54) is 90.9 Å². The average molecular weight is 1930 g/mol. The predicted molar refractivity (Wildman–Crippen MR) is 508 cm³/mol. The third kappa shape index (κ3) is 29.6. The molecule has 0 aliphatic carbocycles. The number of amides is 16. The summed E-state index contributed by atoms with van der Waals surface area (Å²) in [6.07, 6.45) is 4.27. The fraction of sp³-hybridized carbons (Fsp3) is 0.527. The number of nitrogens with two attached hydrogens (primary N) is 4. The van der Waals surface area contributed by atoms with Gasteiger partial charge in [-0.2, -0.15) is 0 Å². The zero-order valence-electron chi connectivity index (χ0n) is 77.7. The van der Waals surface area contributed by atoms with Gasteiger partial charge in [-0.15, -0.1) is 23.1 Å². The Morgan fingerprint density at radius 1 is 0.588 bits per heavy atom. The number of thiophene rings is 1. The first-order valence-electron chi connectivity index (χ1n) is 45.6. The van der Waals surface area contributed by atoms with Crippen LogP contribution in [0.4, 0.5) is 0 Å². The molecule has 6 heterocycles. The van der Waals surface area contributed by atoms with E-state index in [2.05, 4.69) is 73.4 Å². The monoisotopic (exact) mass is 1920 g/mol. The Bertz CT molecular complexity index is 5250. The first kappa shape index (κ1) is 106. The zero-order chi connectivity index (χ0) is 99.3. The standard InChI is InChI=1S/C91H129N25O18S2/c1-9-11-23-69-83(127)105-60(22-17-31-99-91(96)97)80(124)111-68(79(123)101-42-75(94)120)46-135-47-76(121)103-64(34-51-27-29-56(118)30-28-51)86(130)112(6)50(5)78(122)108-66(39-74(93)119)88(132)115-32-18-25-70(115)84(128)107-62(38-55-41-98-48-102-55)82(126)109-63(33-49(3)4)89(133)116-43-54(92)37-72(116)85(129)106-61(35-52-40-100-59-21-15-13-19-57(52)59)81(125)110-67(44-117)77(95)104-65(36-53-45-136-73-26-16-14-20-58(53)73)87(131)114(8)71(24-12-10-2)90(134)113(69)7/h13-16,19-21,26-30,40-41,45,48-50,54,60-72,100,117-118H,9-12,17-18,22-25,31-39,42-44,46-47,92H2,1-8H3,(H2,93,119)(H2,94,120)(H2,95,104)(H,98,102)(H,101,123)(H,103,121)(H,105,127)(H,106,129)(H,107,128)(H,108,122)(H,109,126)(H,110,125)(H,111,124)(H4,96,97,99)/t50-,54-,60-,61-,62-,63-,64-,65-,66-,67-,68-,69-,70-,71-,72-/m0/s1. The maximum atomic E-state index is 15.8. The van der Waals surface area contributed by atoms with Crippen LogP contribution in [0.2, 0.25) is 0 Å². The van der Waals surface area contributed by atoms with Crippen molar-refractivity contribution in [1.82, 2.24) is 97.9 Å². The summed E-state index contributed by atoms with van der Waals surface area (Å²) in [6, 6.07) is -1.70. The van der Waals surface area contributed by atoms with Crippen molar-refractivity contribution in [2.24, 2.45) is 28.9 Å². The highest BCUT2D eigenvalue weighted by atomic mass is 32.2. The molecule has 15 atom stereocenters. The van der Waals surface area contributed by atoms with Gasteiger partial charge in [0.2, 0.25) is 94.5 Å². The van der Waals surface area contributed by atoms with Gasteiger partial charge in [-0.1, -0.05) is 102 Å². The van der Waals surface area contributed by atoms with Crippen LogP contribution in [0.15, 0.2) is 96.9 Å². The predicted octanol–water partition coefficient (Wildman–Crippen LogP) is -1.78. The van der Waals surface area contributed by atoms with Crippen molar-refractivity contribution < 1.29 is 86.9 Å². The van der Waals surface area contributed by atoms with Crippen LogP contribution in [0.25, 0.3) is 21.0 Å². The van der Waals surface area contributed by atoms with Crippen LogP contribution in [-0.4, -0.2) is 312 Å². The van der Waals surface area contributed by atoms with E-state index in [4.69, 9.17) is 28.3 Å². The van der Waals surface area contributed by atoms with Crippen molar-refractivity contribution in [1.29, 1.82) is 10.8 Å². The molecular formula is C91H129N25O18S2. The number of thioether (sulfide) groups is 1. The van der Waals surface area contributed by atoms with Crippen molar-refractivity contribution in [2.75, 3.05) is 65.4 Å². The largest absolute Gasteiger partial charge is 0.508 e. The number of hydrogen-bond donors (Lipinski definition) is 21. The fourth-order valence-corrected chi connectivity index (χ4v) is 18.6. The van der Waals surface area contributed by atoms with Crippen molar-refractivity contribution >= 4 is 150 Å². The van der Waals surface area contributed by atoms with Gasteiger partial charge in [0.15, 0.2) is 5.96 Å². The van der Waals surface area contributed by atoms with Crippen LogP contribution in [0, 0.1) is 16.7 Å². The molecule has 738 valence electrons. The van der Waals surface area contributed by atoms with E-state index in [0.717, 1.165) is 31.6 Å². The summed E-state index contributed by atoms with van der Waals surface area (Å²) in [5, 5.41) is 72.2. The molecule has 3 aliphatic rings. The Labute approximate surface area is 795 Å². The Morgan fingerprint density at radius 3 is 1.84 bits per heavy atom. The van der Waals surface area contributed by atoms with Gasteiger partial charge in [0, 0.05) is 112 Å². The normalized spacial score (nSPS) is 24.7. The van der Waals surface area contributed by atoms with Gasteiger partial charge in [-0.25, -0.2) is 4.98 Å². The molecule has 136 heavy (non-hydrogen) atoms. The summed E-state index contributed by atoms with van der Waals surface area (Å²) in [5.41, 5.74) is 26.1. The topological polar surface area (TPSA) is 658 Å². The number of imidazole rings is 1. The van der Waals surface area contributed by atoms with Crippen LogP contribution in [0.1, 0.15) is 140 Å². The van der Waals surface area contributed by atoms with Gasteiger partial charge < -0.3 is 126 Å². The molecule has 6 aromatic rings. The van der Waals surface area contributed by atoms with Gasteiger partial charge in [0.25, 0.3) is 0 Å². The number of fused-ring (bicyclic) bond motifs is 4. The van der Waals surface area contributed by atoms with E-state index in [0.29, 0.717) is 59.0 Å². The highest BCUT2D eigenvalue weighted by Crippen LogP contribution is 2.30. The highest BCUT2D eigenvalue weighted by molar-refractivity contribution is 8.00. The van der Waals surface area contributed by atoms with Crippen LogP contribution in [0.5, 0.6) is 5.75 Å². The summed E-state index contributed by atoms with van der Waals surface area (Å²) in [6.45, 7) is 6.55. The van der Waals surface area contributed by atoms with Gasteiger partial charge >= 0.3 is 0 Å². The molecule has 0 saturated carbocycles. The number of nitrogens with one attached hydrogen (secondary N) is 15. The molecule has 45 heteroatoms. The number of H-pyrrole nitrogens is 2. The van der Waals surface area contributed by atoms with Crippen LogP contribution < -0.4 is 81.4 Å². The van der Waals surface area contributed by atoms with Gasteiger partial charge in [0.1, 0.15) is 96.2 Å². The third-order valence-electron chi connectivity index (χ3n) is 24.3. The molecule has 25 N–H and O–H groups in total. The molecule has 0 bridgehead atoms. The van der Waals surface area contributed by atoms with E-state index in [1.807, 2.05) is 43.5 Å². The Kier molecular flexibility index (Phi) is 39.8. The third-order valence-corrected chi connectivity index (χ3v) is 26.4. The lowest BCUT2D eigenvalue weighted by atomic mass is 10.00. The molecule has 0 spiro atoms. The molecule has 3 aromatic carbocycles. The first-order valence-corrected chi connectivity index (χ1v) is 47.6. The summed E-state index contributed by atoms with van der Waals surface area (Å²) in [7, 11) is 4.00. The molecule has 3 saturated heterocycles. The second kappa shape index (κ2) is 50.9. The molecule has 43 nitrogen and oxygen atoms in total. The quantitative estimate of drug-likeness (QED) is 0.0162. The molecule has 3 fully saturated rings. The summed E-state index contributed by atoms with van der Waals surface area (Å²) in [5.74, 6) is -16.8. The summed E-state index contributed by atoms with van der Waals surface area (Å²) in [4.78, 5) is 252. The molecule has 3 aromatic heterocycles. The number of nitrogens with zero attached hydrogens (tertiary/aromatic N) is 6. The van der Waals surface area contributed by atoms with Gasteiger partial charge in [0.05, 0.1) is 31.7 Å². The number of rotatable bonds is 26. The van der Waals surface area contributed by atoms with Crippen molar-refractivity contribution in [3.05, 3.63) is 119 Å². The number of phenols is 1. The van der Waals surface area contributed by atoms with Crippen LogP contribution >= 0.6 is 23.1 Å².